The highest BCUT2D eigenvalue weighted by Gasteiger charge is 2.43. The Morgan fingerprint density at radius 1 is 1.16 bits per heavy atom. The zero-order chi connectivity index (χ0) is 22.6. The molecule has 1 aromatic carbocycles. The van der Waals surface area contributed by atoms with Gasteiger partial charge in [0.15, 0.2) is 0 Å². The van der Waals surface area contributed by atoms with Crippen molar-refractivity contribution >= 4 is 17.2 Å². The number of nitrogens with zero attached hydrogens (tertiary/aromatic N) is 3. The number of benzene rings is 1. The van der Waals surface area contributed by atoms with Crippen molar-refractivity contribution in [1.82, 2.24) is 10.3 Å². The topological polar surface area (TPSA) is 82.0 Å². The van der Waals surface area contributed by atoms with Crippen LogP contribution in [0.4, 0.5) is 24.5 Å². The summed E-state index contributed by atoms with van der Waals surface area (Å²) in [5, 5.41) is 16.2. The first kappa shape index (κ1) is 21.9. The predicted octanol–water partition coefficient (Wildman–Crippen LogP) is 3.30. The first-order valence-electron chi connectivity index (χ1n) is 10.3. The molecular weight excluding hydrogens is 423 g/mol. The lowest BCUT2D eigenvalue weighted by Gasteiger charge is -2.29. The Balaban J connectivity index is 1.49. The van der Waals surface area contributed by atoms with E-state index in [-0.39, 0.29) is 23.8 Å². The van der Waals surface area contributed by atoms with Crippen LogP contribution in [0.2, 0.25) is 0 Å². The summed E-state index contributed by atoms with van der Waals surface area (Å²) in [5.74, 6) is -1.50. The van der Waals surface area contributed by atoms with Gasteiger partial charge in [-0.15, -0.1) is 0 Å². The van der Waals surface area contributed by atoms with E-state index < -0.39 is 18.6 Å². The summed E-state index contributed by atoms with van der Waals surface area (Å²) in [6.07, 6.45) is -1.51. The van der Waals surface area contributed by atoms with E-state index in [1.165, 1.54) is 6.08 Å². The van der Waals surface area contributed by atoms with Gasteiger partial charge in [-0.2, -0.15) is 13.2 Å². The van der Waals surface area contributed by atoms with Gasteiger partial charge in [0.2, 0.25) is 0 Å². The number of aliphatic imine (C=N–C) groups is 1. The molecule has 0 amide bonds. The molecule has 7 nitrogen and oxygen atoms in total. The van der Waals surface area contributed by atoms with Crippen LogP contribution in [0.1, 0.15) is 5.69 Å². The molecule has 1 saturated heterocycles. The van der Waals surface area contributed by atoms with E-state index in [2.05, 4.69) is 25.5 Å². The molecule has 3 N–H and O–H groups in total. The summed E-state index contributed by atoms with van der Waals surface area (Å²) >= 11 is 0. The third kappa shape index (κ3) is 5.31. The number of rotatable bonds is 5. The number of dihydropyridines is 1. The van der Waals surface area contributed by atoms with E-state index in [0.29, 0.717) is 24.6 Å². The second kappa shape index (κ2) is 9.47. The average Bonchev–Trinajstić information content (AvgIpc) is 2.80. The number of amidine groups is 1. The average molecular weight is 447 g/mol. The number of halogens is 3. The van der Waals surface area contributed by atoms with E-state index in [1.807, 2.05) is 6.07 Å². The van der Waals surface area contributed by atoms with Gasteiger partial charge in [-0.05, 0) is 24.3 Å². The Hall–Kier alpha value is -3.27. The number of phenols is 1. The molecule has 2 aliphatic rings. The molecule has 0 saturated carbocycles. The second-order valence-corrected chi connectivity index (χ2v) is 7.52. The summed E-state index contributed by atoms with van der Waals surface area (Å²) in [6, 6.07) is 10.4. The van der Waals surface area contributed by atoms with Crippen LogP contribution in [-0.4, -0.2) is 55.0 Å². The molecule has 1 aromatic heterocycles. The van der Waals surface area contributed by atoms with Crippen LogP contribution in [0.3, 0.4) is 0 Å². The third-order valence-electron chi connectivity index (χ3n) is 5.33. The number of aromatic hydroxyl groups is 1. The Morgan fingerprint density at radius 2 is 1.97 bits per heavy atom. The molecule has 3 heterocycles. The fraction of sp³-hybridized carbons (Fsp3) is 0.364. The lowest BCUT2D eigenvalue weighted by Crippen LogP contribution is -2.37. The van der Waals surface area contributed by atoms with Crippen molar-refractivity contribution in [3.05, 3.63) is 60.1 Å². The molecule has 1 atom stereocenters. The standard InChI is InChI=1S/C22H24F3N5O2/c23-22(24,25)17-14-28-21(12-19(17)27-13-15-3-1-2-6-26-15)29-18-5-4-16(11-20(18)31)30-7-9-32-10-8-30/h1-6,11-12,17,27,31H,7-10,13-14H2,(H,28,29). The molecule has 4 rings (SSSR count). The Morgan fingerprint density at radius 3 is 2.66 bits per heavy atom. The molecule has 1 unspecified atom stereocenters. The number of pyridine rings is 1. The highest BCUT2D eigenvalue weighted by molar-refractivity contribution is 6.05. The summed E-state index contributed by atoms with van der Waals surface area (Å²) < 4.78 is 45.9. The van der Waals surface area contributed by atoms with Gasteiger partial charge in [-0.1, -0.05) is 6.07 Å². The van der Waals surface area contributed by atoms with Gasteiger partial charge in [0.25, 0.3) is 0 Å². The maximum atomic E-state index is 13.5. The third-order valence-corrected chi connectivity index (χ3v) is 5.33. The van der Waals surface area contributed by atoms with Crippen molar-refractivity contribution in [2.24, 2.45) is 10.9 Å². The summed E-state index contributed by atoms with van der Waals surface area (Å²) in [4.78, 5) is 10.3. The Labute approximate surface area is 183 Å². The molecule has 0 aliphatic carbocycles. The van der Waals surface area contributed by atoms with Crippen molar-refractivity contribution < 1.29 is 23.0 Å². The molecule has 0 radical (unpaired) electrons. The lowest BCUT2D eigenvalue weighted by molar-refractivity contribution is -0.162. The fourth-order valence-electron chi connectivity index (χ4n) is 3.59. The molecule has 170 valence electrons. The van der Waals surface area contributed by atoms with Crippen molar-refractivity contribution in [3.8, 4) is 5.75 Å². The normalized spacial score (nSPS) is 19.2. The van der Waals surface area contributed by atoms with E-state index in [0.717, 1.165) is 18.8 Å². The van der Waals surface area contributed by atoms with Crippen LogP contribution in [0, 0.1) is 5.92 Å². The van der Waals surface area contributed by atoms with Crippen LogP contribution in [-0.2, 0) is 11.3 Å². The van der Waals surface area contributed by atoms with Crippen LogP contribution >= 0.6 is 0 Å². The van der Waals surface area contributed by atoms with Gasteiger partial charge >= 0.3 is 6.18 Å². The molecular formula is C22H24F3N5O2. The Kier molecular flexibility index (Phi) is 6.50. The SMILES string of the molecule is Oc1cc(N2CCOCC2)ccc1NC1=NCC(C(F)(F)F)C(NCc2ccccn2)=C1. The van der Waals surface area contributed by atoms with Gasteiger partial charge < -0.3 is 25.4 Å². The monoisotopic (exact) mass is 447 g/mol. The number of alkyl halides is 3. The highest BCUT2D eigenvalue weighted by Crippen LogP contribution is 2.34. The molecule has 32 heavy (non-hydrogen) atoms. The van der Waals surface area contributed by atoms with Crippen molar-refractivity contribution in [2.75, 3.05) is 43.1 Å². The number of hydrogen-bond acceptors (Lipinski definition) is 7. The minimum absolute atomic E-state index is 0.00470. The fourth-order valence-corrected chi connectivity index (χ4v) is 3.59. The minimum Gasteiger partial charge on any atom is -0.506 e. The van der Waals surface area contributed by atoms with Gasteiger partial charge in [-0.3, -0.25) is 9.98 Å². The summed E-state index contributed by atoms with van der Waals surface area (Å²) in [7, 11) is 0. The maximum Gasteiger partial charge on any atom is 0.398 e. The van der Waals surface area contributed by atoms with E-state index in [9.17, 15) is 18.3 Å². The lowest BCUT2D eigenvalue weighted by atomic mass is 10.0. The van der Waals surface area contributed by atoms with Crippen molar-refractivity contribution in [1.29, 1.82) is 0 Å². The smallest absolute Gasteiger partial charge is 0.398 e. The van der Waals surface area contributed by atoms with Gasteiger partial charge in [0, 0.05) is 42.8 Å². The zero-order valence-corrected chi connectivity index (χ0v) is 17.3. The van der Waals surface area contributed by atoms with Crippen LogP contribution in [0.25, 0.3) is 0 Å². The summed E-state index contributed by atoms with van der Waals surface area (Å²) in [6.45, 7) is 2.41. The molecule has 1 fully saturated rings. The molecule has 0 bridgehead atoms. The molecule has 10 heteroatoms. The zero-order valence-electron chi connectivity index (χ0n) is 17.3. The van der Waals surface area contributed by atoms with Crippen molar-refractivity contribution in [3.63, 3.8) is 0 Å². The largest absolute Gasteiger partial charge is 0.506 e. The predicted molar refractivity (Wildman–Crippen MR) is 116 cm³/mol. The Bertz CT molecular complexity index is 989. The molecule has 0 spiro atoms. The van der Waals surface area contributed by atoms with Crippen molar-refractivity contribution in [2.45, 2.75) is 12.7 Å². The first-order chi connectivity index (χ1) is 15.4. The number of morpholine rings is 1. The number of aromatic nitrogens is 1. The highest BCUT2D eigenvalue weighted by atomic mass is 19.4. The molecule has 2 aromatic rings. The van der Waals surface area contributed by atoms with E-state index in [1.54, 1.807) is 36.5 Å². The van der Waals surface area contributed by atoms with E-state index >= 15 is 0 Å². The van der Waals surface area contributed by atoms with Gasteiger partial charge in [-0.25, -0.2) is 0 Å². The van der Waals surface area contributed by atoms with Crippen LogP contribution in [0.15, 0.2) is 59.4 Å². The number of anilines is 2. The summed E-state index contributed by atoms with van der Waals surface area (Å²) in [5.41, 5.74) is 1.85. The van der Waals surface area contributed by atoms with Crippen LogP contribution in [0.5, 0.6) is 5.75 Å². The molecule has 2 aliphatic heterocycles. The number of phenolic OH excluding ortho intramolecular Hbond substituents is 1. The number of hydrogen-bond donors (Lipinski definition) is 3. The van der Waals surface area contributed by atoms with Gasteiger partial charge in [0.05, 0.1) is 37.7 Å². The van der Waals surface area contributed by atoms with E-state index in [4.69, 9.17) is 4.74 Å². The van der Waals surface area contributed by atoms with Crippen LogP contribution < -0.4 is 15.5 Å². The second-order valence-electron chi connectivity index (χ2n) is 7.52. The maximum absolute atomic E-state index is 13.5. The van der Waals surface area contributed by atoms with Gasteiger partial charge in [0.1, 0.15) is 17.5 Å². The first-order valence-corrected chi connectivity index (χ1v) is 10.3. The number of nitrogens with one attached hydrogen (secondary N) is 2. The quantitative estimate of drug-likeness (QED) is 0.611. The minimum atomic E-state index is -4.43. The number of ether oxygens (including phenoxy) is 1.